The molecule has 0 nitrogen and oxygen atoms in total. The Morgan fingerprint density at radius 1 is 1.06 bits per heavy atom. The van der Waals surface area contributed by atoms with Crippen LogP contribution < -0.4 is 0 Å². The Hall–Kier alpha value is -1.30. The first-order chi connectivity index (χ1) is 7.92. The number of unbranched alkanes of at least 4 members (excludes halogenated alkanes) is 3. The Labute approximate surface area is 98.3 Å². The van der Waals surface area contributed by atoms with Crippen molar-refractivity contribution < 1.29 is 0 Å². The molecule has 0 amide bonds. The zero-order valence-electron chi connectivity index (χ0n) is 10.00. The molecule has 1 radical (unpaired) electrons. The average molecular weight is 211 g/mol. The van der Waals surface area contributed by atoms with Gasteiger partial charge in [-0.05, 0) is 41.3 Å². The molecule has 0 saturated carbocycles. The molecule has 0 heteroatoms. The fraction of sp³-hybridized carbons (Fsp3) is 0.375. The maximum Gasteiger partial charge on any atom is -0.0151 e. The van der Waals surface area contributed by atoms with E-state index in [0.717, 1.165) is 0 Å². The summed E-state index contributed by atoms with van der Waals surface area (Å²) in [4.78, 5) is 0. The Balaban J connectivity index is 2.11. The number of hydrogen-bond acceptors (Lipinski definition) is 0. The van der Waals surface area contributed by atoms with Crippen molar-refractivity contribution in [2.24, 2.45) is 0 Å². The highest BCUT2D eigenvalue weighted by Crippen LogP contribution is 2.20. The van der Waals surface area contributed by atoms with Gasteiger partial charge in [0, 0.05) is 0 Å². The van der Waals surface area contributed by atoms with Gasteiger partial charge < -0.3 is 0 Å². The zero-order chi connectivity index (χ0) is 11.2. The van der Waals surface area contributed by atoms with E-state index in [1.807, 2.05) is 6.07 Å². The molecule has 2 aromatic carbocycles. The molecule has 0 aliphatic carbocycles. The topological polar surface area (TPSA) is 0 Å². The maximum atomic E-state index is 3.14. The predicted molar refractivity (Wildman–Crippen MR) is 70.6 cm³/mol. The zero-order valence-corrected chi connectivity index (χ0v) is 10.00. The first-order valence-corrected chi connectivity index (χ1v) is 6.29. The van der Waals surface area contributed by atoms with Crippen LogP contribution in [0.25, 0.3) is 10.8 Å². The van der Waals surface area contributed by atoms with Gasteiger partial charge >= 0.3 is 0 Å². The van der Waals surface area contributed by atoms with Crippen molar-refractivity contribution in [1.29, 1.82) is 0 Å². The summed E-state index contributed by atoms with van der Waals surface area (Å²) in [6.07, 6.45) is 6.54. The second-order valence-corrected chi connectivity index (χ2v) is 4.38. The smallest absolute Gasteiger partial charge is 0.0151 e. The fourth-order valence-electron chi connectivity index (χ4n) is 2.19. The molecule has 16 heavy (non-hydrogen) atoms. The van der Waals surface area contributed by atoms with Gasteiger partial charge in [0.05, 0.1) is 0 Å². The van der Waals surface area contributed by atoms with E-state index in [0.29, 0.717) is 0 Å². The van der Waals surface area contributed by atoms with Crippen molar-refractivity contribution in [1.82, 2.24) is 0 Å². The first-order valence-electron chi connectivity index (χ1n) is 6.29. The molecule has 0 N–H and O–H groups in total. The minimum atomic E-state index is 1.21. The normalized spacial score (nSPS) is 10.8. The van der Waals surface area contributed by atoms with Gasteiger partial charge in [0.15, 0.2) is 0 Å². The predicted octanol–water partition coefficient (Wildman–Crippen LogP) is 4.76. The van der Waals surface area contributed by atoms with Gasteiger partial charge in [-0.25, -0.2) is 0 Å². The monoisotopic (exact) mass is 211 g/mol. The molecule has 2 aromatic rings. The van der Waals surface area contributed by atoms with Crippen LogP contribution in [0.5, 0.6) is 0 Å². The Morgan fingerprint density at radius 3 is 2.88 bits per heavy atom. The molecule has 0 atom stereocenters. The standard InChI is InChI=1S/C16H19/c1-2-3-4-5-9-14-11-8-12-15-10-6-7-13-16(14)15/h7-8,10-13H,2-5,9H2,1H3. The SMILES string of the molecule is CCCCCCc1cccc2c[c]ccc12. The van der Waals surface area contributed by atoms with E-state index in [2.05, 4.69) is 43.3 Å². The van der Waals surface area contributed by atoms with Gasteiger partial charge in [0.25, 0.3) is 0 Å². The summed E-state index contributed by atoms with van der Waals surface area (Å²) in [6, 6.07) is 16.0. The number of benzene rings is 2. The first kappa shape index (κ1) is 11.2. The number of aryl methyl sites for hydroxylation is 1. The lowest BCUT2D eigenvalue weighted by Crippen LogP contribution is -1.87. The summed E-state index contributed by atoms with van der Waals surface area (Å²) in [5.74, 6) is 0. The molecule has 0 unspecified atom stereocenters. The van der Waals surface area contributed by atoms with Crippen LogP contribution in [0, 0.1) is 6.07 Å². The molecule has 0 aliphatic heterocycles. The summed E-state index contributed by atoms with van der Waals surface area (Å²) in [6.45, 7) is 2.26. The molecule has 0 saturated heterocycles. The molecular weight excluding hydrogens is 192 g/mol. The van der Waals surface area contributed by atoms with Crippen LogP contribution in [0.4, 0.5) is 0 Å². The third-order valence-electron chi connectivity index (χ3n) is 3.11. The van der Waals surface area contributed by atoms with Crippen LogP contribution in [0.3, 0.4) is 0 Å². The molecule has 0 heterocycles. The van der Waals surface area contributed by atoms with E-state index in [9.17, 15) is 0 Å². The quantitative estimate of drug-likeness (QED) is 0.625. The fourth-order valence-corrected chi connectivity index (χ4v) is 2.19. The number of rotatable bonds is 5. The third kappa shape index (κ3) is 2.63. The molecule has 0 bridgehead atoms. The van der Waals surface area contributed by atoms with Gasteiger partial charge in [-0.1, -0.05) is 56.5 Å². The van der Waals surface area contributed by atoms with Gasteiger partial charge in [-0.15, -0.1) is 0 Å². The van der Waals surface area contributed by atoms with Crippen molar-refractivity contribution >= 4 is 10.8 Å². The average Bonchev–Trinajstić information content (AvgIpc) is 2.35. The highest BCUT2D eigenvalue weighted by Gasteiger charge is 1.99. The van der Waals surface area contributed by atoms with Gasteiger partial charge in [0.1, 0.15) is 0 Å². The van der Waals surface area contributed by atoms with Crippen LogP contribution >= 0.6 is 0 Å². The van der Waals surface area contributed by atoms with Crippen molar-refractivity contribution in [2.75, 3.05) is 0 Å². The molecule has 0 spiro atoms. The van der Waals surface area contributed by atoms with E-state index in [1.165, 1.54) is 48.4 Å². The van der Waals surface area contributed by atoms with Crippen LogP contribution in [0.2, 0.25) is 0 Å². The number of fused-ring (bicyclic) bond motifs is 1. The van der Waals surface area contributed by atoms with Crippen LogP contribution in [-0.2, 0) is 6.42 Å². The Kier molecular flexibility index (Phi) is 3.98. The van der Waals surface area contributed by atoms with Crippen molar-refractivity contribution in [3.63, 3.8) is 0 Å². The molecular formula is C16H19. The Morgan fingerprint density at radius 2 is 2.00 bits per heavy atom. The summed E-state index contributed by atoms with van der Waals surface area (Å²) >= 11 is 0. The van der Waals surface area contributed by atoms with E-state index in [1.54, 1.807) is 0 Å². The molecule has 83 valence electrons. The van der Waals surface area contributed by atoms with Crippen molar-refractivity contribution in [3.8, 4) is 0 Å². The lowest BCUT2D eigenvalue weighted by atomic mass is 9.99. The lowest BCUT2D eigenvalue weighted by Gasteiger charge is -2.05. The highest BCUT2D eigenvalue weighted by molar-refractivity contribution is 5.85. The maximum absolute atomic E-state index is 3.14. The summed E-state index contributed by atoms with van der Waals surface area (Å²) in [5, 5.41) is 2.72. The second kappa shape index (κ2) is 5.69. The Bertz CT molecular complexity index is 437. The summed E-state index contributed by atoms with van der Waals surface area (Å²) in [5.41, 5.74) is 1.49. The van der Waals surface area contributed by atoms with E-state index in [-0.39, 0.29) is 0 Å². The van der Waals surface area contributed by atoms with Gasteiger partial charge in [-0.3, -0.25) is 0 Å². The van der Waals surface area contributed by atoms with E-state index in [4.69, 9.17) is 0 Å². The van der Waals surface area contributed by atoms with Crippen molar-refractivity contribution in [3.05, 3.63) is 48.0 Å². The molecule has 0 fully saturated rings. The van der Waals surface area contributed by atoms with Crippen LogP contribution in [-0.4, -0.2) is 0 Å². The largest absolute Gasteiger partial charge is 0.0654 e. The second-order valence-electron chi connectivity index (χ2n) is 4.38. The minimum absolute atomic E-state index is 1.21. The highest BCUT2D eigenvalue weighted by atomic mass is 14.0. The molecule has 0 aromatic heterocycles. The summed E-state index contributed by atoms with van der Waals surface area (Å²) < 4.78 is 0. The minimum Gasteiger partial charge on any atom is -0.0654 e. The lowest BCUT2D eigenvalue weighted by molar-refractivity contribution is 0.668. The van der Waals surface area contributed by atoms with Crippen LogP contribution in [0.1, 0.15) is 38.2 Å². The third-order valence-corrected chi connectivity index (χ3v) is 3.11. The number of hydrogen-bond donors (Lipinski definition) is 0. The van der Waals surface area contributed by atoms with Crippen molar-refractivity contribution in [2.45, 2.75) is 39.0 Å². The van der Waals surface area contributed by atoms with E-state index >= 15 is 0 Å². The van der Waals surface area contributed by atoms with Gasteiger partial charge in [-0.2, -0.15) is 0 Å². The molecule has 0 aliphatic rings. The summed E-state index contributed by atoms with van der Waals surface area (Å²) in [7, 11) is 0. The molecule has 2 rings (SSSR count). The van der Waals surface area contributed by atoms with E-state index < -0.39 is 0 Å². The van der Waals surface area contributed by atoms with Crippen LogP contribution in [0.15, 0.2) is 36.4 Å². The van der Waals surface area contributed by atoms with Gasteiger partial charge in [0.2, 0.25) is 0 Å².